The quantitative estimate of drug-likeness (QED) is 0.207. The number of carbonyl (C=O) groups is 1. The van der Waals surface area contributed by atoms with Gasteiger partial charge in [-0.3, -0.25) is 10.2 Å². The molecule has 3 aromatic rings. The first kappa shape index (κ1) is 26.4. The van der Waals surface area contributed by atoms with Gasteiger partial charge in [-0.1, -0.05) is 47.2 Å². The van der Waals surface area contributed by atoms with E-state index in [4.69, 9.17) is 27.9 Å². The van der Waals surface area contributed by atoms with E-state index in [2.05, 4.69) is 27.2 Å². The van der Waals surface area contributed by atoms with Crippen molar-refractivity contribution in [1.82, 2.24) is 20.2 Å². The van der Waals surface area contributed by atoms with E-state index in [9.17, 15) is 14.9 Å². The molecule has 0 unspecified atom stereocenters. The largest absolute Gasteiger partial charge is 0.379 e. The second-order valence-corrected chi connectivity index (χ2v) is 8.90. The molecule has 0 aliphatic carbocycles. The second-order valence-electron chi connectivity index (χ2n) is 8.06. The molecule has 0 atom stereocenters. The fourth-order valence-electron chi connectivity index (χ4n) is 3.80. The van der Waals surface area contributed by atoms with Crippen molar-refractivity contribution in [3.63, 3.8) is 0 Å². The second kappa shape index (κ2) is 12.1. The van der Waals surface area contributed by atoms with E-state index < -0.39 is 5.09 Å². The summed E-state index contributed by atoms with van der Waals surface area (Å²) in [7, 11) is 0. The van der Waals surface area contributed by atoms with Crippen LogP contribution in [0.1, 0.15) is 28.0 Å². The number of morpholine rings is 1. The molecule has 0 saturated carbocycles. The molecule has 10 nitrogen and oxygen atoms in total. The molecule has 2 heterocycles. The zero-order valence-electron chi connectivity index (χ0n) is 19.9. The number of nitrogens with one attached hydrogen (secondary N) is 1. The number of rotatable bonds is 7. The van der Waals surface area contributed by atoms with Crippen LogP contribution < -0.4 is 5.43 Å². The molecule has 1 aliphatic rings. The van der Waals surface area contributed by atoms with Crippen LogP contribution in [0, 0.1) is 28.9 Å². The maximum Gasteiger partial charge on any atom is 0.294 e. The molecule has 1 fully saturated rings. The smallest absolute Gasteiger partial charge is 0.294 e. The number of amides is 1. The number of ether oxygens (including phenoxy) is 1. The Balaban J connectivity index is 1.67. The Bertz CT molecular complexity index is 1360. The molecular weight excluding hydrogens is 521 g/mol. The third-order valence-corrected chi connectivity index (χ3v) is 6.10. The highest BCUT2D eigenvalue weighted by atomic mass is 35.5. The van der Waals surface area contributed by atoms with Gasteiger partial charge in [0.15, 0.2) is 5.69 Å². The number of aromatic nitrogens is 2. The summed E-state index contributed by atoms with van der Waals surface area (Å²) in [6, 6.07) is 12.5. The number of hydrazine groups is 1. The standard InChI is InChI=1S/C25H23Cl2N5O5/c1-17-23(25(33)29-30-11-14-36-15-12-30)28-31(22-10-9-20(26)16-21(22)27)24(17)19-7-5-18(6-8-19)4-2-3-13-37-32(34)35/h5-10,16H,3,11-15H2,1H3,(H,29,33). The normalized spacial score (nSPS) is 13.5. The highest BCUT2D eigenvalue weighted by molar-refractivity contribution is 6.35. The SMILES string of the molecule is Cc1c(C(=O)NN2CCOCC2)nn(-c2ccc(Cl)cc2Cl)c1-c1ccc(C#CCCO[N+](=O)[O-])cc1. The van der Waals surface area contributed by atoms with Crippen molar-refractivity contribution in [1.29, 1.82) is 0 Å². The highest BCUT2D eigenvalue weighted by Crippen LogP contribution is 2.32. The van der Waals surface area contributed by atoms with Crippen molar-refractivity contribution in [2.24, 2.45) is 0 Å². The third kappa shape index (κ3) is 6.58. The Morgan fingerprint density at radius 1 is 1.22 bits per heavy atom. The van der Waals surface area contributed by atoms with E-state index in [0.717, 1.165) is 11.1 Å². The van der Waals surface area contributed by atoms with Crippen molar-refractivity contribution in [2.45, 2.75) is 13.3 Å². The molecule has 1 aromatic heterocycles. The summed E-state index contributed by atoms with van der Waals surface area (Å²) >= 11 is 12.6. The summed E-state index contributed by atoms with van der Waals surface area (Å²) in [4.78, 5) is 27.7. The summed E-state index contributed by atoms with van der Waals surface area (Å²) in [5.74, 6) is 5.46. The first-order valence-electron chi connectivity index (χ1n) is 11.4. The summed E-state index contributed by atoms with van der Waals surface area (Å²) in [6.07, 6.45) is 0.227. The van der Waals surface area contributed by atoms with Gasteiger partial charge in [0.25, 0.3) is 11.0 Å². The predicted molar refractivity (Wildman–Crippen MR) is 138 cm³/mol. The lowest BCUT2D eigenvalue weighted by molar-refractivity contribution is -0.757. The van der Waals surface area contributed by atoms with Crippen LogP contribution in [-0.2, 0) is 9.57 Å². The van der Waals surface area contributed by atoms with Gasteiger partial charge in [-0.05, 0) is 37.3 Å². The Morgan fingerprint density at radius 3 is 2.62 bits per heavy atom. The van der Waals surface area contributed by atoms with Gasteiger partial charge in [0.2, 0.25) is 0 Å². The van der Waals surface area contributed by atoms with Crippen molar-refractivity contribution in [3.8, 4) is 28.8 Å². The zero-order valence-corrected chi connectivity index (χ0v) is 21.4. The average molecular weight is 544 g/mol. The Morgan fingerprint density at radius 2 is 1.95 bits per heavy atom. The first-order chi connectivity index (χ1) is 17.8. The van der Waals surface area contributed by atoms with Gasteiger partial charge < -0.3 is 9.57 Å². The van der Waals surface area contributed by atoms with Crippen LogP contribution in [0.25, 0.3) is 16.9 Å². The molecule has 192 valence electrons. The molecule has 4 rings (SSSR count). The van der Waals surface area contributed by atoms with Crippen molar-refractivity contribution < 1.29 is 19.5 Å². The number of benzene rings is 2. The van der Waals surface area contributed by atoms with Crippen molar-refractivity contribution in [2.75, 3.05) is 32.9 Å². The molecule has 1 N–H and O–H groups in total. The minimum Gasteiger partial charge on any atom is -0.379 e. The number of nitrogens with zero attached hydrogens (tertiary/aromatic N) is 4. The molecule has 37 heavy (non-hydrogen) atoms. The minimum atomic E-state index is -0.843. The lowest BCUT2D eigenvalue weighted by Gasteiger charge is -2.26. The van der Waals surface area contributed by atoms with Gasteiger partial charge in [0.1, 0.15) is 6.61 Å². The van der Waals surface area contributed by atoms with Crippen LogP contribution in [0.4, 0.5) is 0 Å². The van der Waals surface area contributed by atoms with Crippen LogP contribution in [-0.4, -0.2) is 58.7 Å². The monoisotopic (exact) mass is 543 g/mol. The summed E-state index contributed by atoms with van der Waals surface area (Å²) in [5, 5.41) is 16.7. The van der Waals surface area contributed by atoms with E-state index in [-0.39, 0.29) is 24.6 Å². The van der Waals surface area contributed by atoms with Crippen LogP contribution in [0.15, 0.2) is 42.5 Å². The first-order valence-corrected chi connectivity index (χ1v) is 12.1. The maximum absolute atomic E-state index is 13.2. The van der Waals surface area contributed by atoms with Gasteiger partial charge in [-0.2, -0.15) is 5.10 Å². The summed E-state index contributed by atoms with van der Waals surface area (Å²) in [6.45, 7) is 3.99. The van der Waals surface area contributed by atoms with E-state index in [1.54, 1.807) is 22.9 Å². The van der Waals surface area contributed by atoms with Crippen LogP contribution in [0.3, 0.4) is 0 Å². The fourth-order valence-corrected chi connectivity index (χ4v) is 4.29. The predicted octanol–water partition coefficient (Wildman–Crippen LogP) is 4.08. The van der Waals surface area contributed by atoms with Crippen LogP contribution in [0.2, 0.25) is 10.0 Å². The molecule has 1 aliphatic heterocycles. The van der Waals surface area contributed by atoms with E-state index >= 15 is 0 Å². The fraction of sp³-hybridized carbons (Fsp3) is 0.280. The third-order valence-electron chi connectivity index (χ3n) is 5.56. The molecule has 1 amide bonds. The summed E-state index contributed by atoms with van der Waals surface area (Å²) < 4.78 is 6.98. The van der Waals surface area contributed by atoms with Crippen LogP contribution >= 0.6 is 23.2 Å². The highest BCUT2D eigenvalue weighted by Gasteiger charge is 2.25. The average Bonchev–Trinajstić information content (AvgIpc) is 3.21. The number of carbonyl (C=O) groups excluding carboxylic acids is 1. The van der Waals surface area contributed by atoms with E-state index in [1.807, 2.05) is 36.2 Å². The van der Waals surface area contributed by atoms with Gasteiger partial charge in [0.05, 0.1) is 29.6 Å². The molecule has 1 saturated heterocycles. The van der Waals surface area contributed by atoms with Gasteiger partial charge in [-0.25, -0.2) is 9.69 Å². The maximum atomic E-state index is 13.2. The van der Waals surface area contributed by atoms with E-state index in [1.165, 1.54) is 0 Å². The molecule has 0 spiro atoms. The number of hydrogen-bond acceptors (Lipinski definition) is 7. The van der Waals surface area contributed by atoms with Gasteiger partial charge in [0, 0.05) is 41.2 Å². The Labute approximate surface area is 223 Å². The Hall–Kier alpha value is -3.62. The minimum absolute atomic E-state index is 0.0897. The molecule has 0 radical (unpaired) electrons. The van der Waals surface area contributed by atoms with E-state index in [0.29, 0.717) is 53.3 Å². The number of halogens is 2. The van der Waals surface area contributed by atoms with Crippen molar-refractivity contribution in [3.05, 3.63) is 79.4 Å². The zero-order chi connectivity index (χ0) is 26.4. The Kier molecular flexibility index (Phi) is 8.63. The van der Waals surface area contributed by atoms with Crippen LogP contribution in [0.5, 0.6) is 0 Å². The van der Waals surface area contributed by atoms with Gasteiger partial charge >= 0.3 is 0 Å². The molecular formula is C25H23Cl2N5O5. The van der Waals surface area contributed by atoms with Crippen molar-refractivity contribution >= 4 is 29.1 Å². The molecule has 2 aromatic carbocycles. The molecule has 0 bridgehead atoms. The van der Waals surface area contributed by atoms with Gasteiger partial charge in [-0.15, -0.1) is 10.1 Å². The summed E-state index contributed by atoms with van der Waals surface area (Å²) in [5.41, 5.74) is 6.63. The molecule has 12 heteroatoms. The lowest BCUT2D eigenvalue weighted by atomic mass is 10.0. The topological polar surface area (TPSA) is 112 Å². The number of hydrogen-bond donors (Lipinski definition) is 1. The lowest BCUT2D eigenvalue weighted by Crippen LogP contribution is -2.48.